The number of allylic oxidation sites excluding steroid dienone is 1. The molecule has 1 aliphatic heterocycles. The summed E-state index contributed by atoms with van der Waals surface area (Å²) in [6.07, 6.45) is 4.54. The van der Waals surface area contributed by atoms with Gasteiger partial charge in [-0.1, -0.05) is 24.6 Å². The number of fused-ring (bicyclic) bond motifs is 3. The zero-order valence-corrected chi connectivity index (χ0v) is 14.3. The number of carbonyl (C=O) groups is 2. The number of carbonyl (C=O) groups excluding carboxylic acids is 2. The second-order valence-electron chi connectivity index (χ2n) is 7.36. The lowest BCUT2D eigenvalue weighted by Crippen LogP contribution is -2.44. The molecule has 4 atom stereocenters. The Morgan fingerprint density at radius 1 is 1.43 bits per heavy atom. The van der Waals surface area contributed by atoms with Crippen molar-refractivity contribution < 1.29 is 19.1 Å². The van der Waals surface area contributed by atoms with Gasteiger partial charge in [0.05, 0.1) is 5.92 Å². The summed E-state index contributed by atoms with van der Waals surface area (Å²) in [6.45, 7) is 10.1. The van der Waals surface area contributed by atoms with Crippen molar-refractivity contribution in [3.8, 4) is 0 Å². The molecule has 2 fully saturated rings. The van der Waals surface area contributed by atoms with Crippen molar-refractivity contribution in [2.75, 3.05) is 0 Å². The number of esters is 2. The Kier molecular flexibility index (Phi) is 4.11. The SMILES string of the molecule is C=C1C(=O)O[C@H]2[C@H]1CCC(C)=C1CC[C@@](C)(OC(=O)CCC)[C@@H]12. The van der Waals surface area contributed by atoms with Gasteiger partial charge in [-0.05, 0) is 46.0 Å². The van der Waals surface area contributed by atoms with Crippen molar-refractivity contribution in [3.63, 3.8) is 0 Å². The fourth-order valence-electron chi connectivity index (χ4n) is 4.52. The Morgan fingerprint density at radius 3 is 2.87 bits per heavy atom. The fraction of sp³-hybridized carbons (Fsp3) is 0.684. The van der Waals surface area contributed by atoms with Crippen LogP contribution in [-0.2, 0) is 19.1 Å². The van der Waals surface area contributed by atoms with Crippen LogP contribution in [0.1, 0.15) is 59.3 Å². The highest BCUT2D eigenvalue weighted by Gasteiger charge is 2.56. The second-order valence-corrected chi connectivity index (χ2v) is 7.36. The zero-order chi connectivity index (χ0) is 16.8. The molecule has 4 nitrogen and oxygen atoms in total. The van der Waals surface area contributed by atoms with Gasteiger partial charge >= 0.3 is 11.9 Å². The molecule has 1 saturated heterocycles. The van der Waals surface area contributed by atoms with E-state index in [0.717, 1.165) is 32.1 Å². The van der Waals surface area contributed by atoms with Gasteiger partial charge < -0.3 is 9.47 Å². The van der Waals surface area contributed by atoms with E-state index in [-0.39, 0.29) is 29.9 Å². The maximum atomic E-state index is 12.1. The lowest BCUT2D eigenvalue weighted by molar-refractivity contribution is -0.167. The third-order valence-electron chi connectivity index (χ3n) is 5.78. The minimum absolute atomic E-state index is 0.0287. The molecular weight excluding hydrogens is 292 g/mol. The van der Waals surface area contributed by atoms with Gasteiger partial charge in [0, 0.05) is 17.9 Å². The maximum Gasteiger partial charge on any atom is 0.334 e. The van der Waals surface area contributed by atoms with Crippen LogP contribution in [0.5, 0.6) is 0 Å². The number of hydrogen-bond donors (Lipinski definition) is 0. The maximum absolute atomic E-state index is 12.1. The van der Waals surface area contributed by atoms with Crippen molar-refractivity contribution in [2.24, 2.45) is 11.8 Å². The van der Waals surface area contributed by atoms with Crippen molar-refractivity contribution in [1.82, 2.24) is 0 Å². The van der Waals surface area contributed by atoms with Crippen molar-refractivity contribution >= 4 is 11.9 Å². The van der Waals surface area contributed by atoms with Crippen LogP contribution >= 0.6 is 0 Å². The quantitative estimate of drug-likeness (QED) is 0.452. The molecule has 0 aromatic heterocycles. The van der Waals surface area contributed by atoms with Gasteiger partial charge in [-0.2, -0.15) is 0 Å². The van der Waals surface area contributed by atoms with Crippen LogP contribution in [-0.4, -0.2) is 23.6 Å². The van der Waals surface area contributed by atoms with Crippen LogP contribution in [0.3, 0.4) is 0 Å². The lowest BCUT2D eigenvalue weighted by atomic mass is 9.79. The molecule has 0 aromatic carbocycles. The van der Waals surface area contributed by atoms with Gasteiger partial charge in [0.1, 0.15) is 11.7 Å². The third-order valence-corrected chi connectivity index (χ3v) is 5.78. The molecule has 0 bridgehead atoms. The molecule has 0 radical (unpaired) electrons. The van der Waals surface area contributed by atoms with E-state index in [2.05, 4.69) is 13.5 Å². The second kappa shape index (κ2) is 5.81. The van der Waals surface area contributed by atoms with Gasteiger partial charge in [0.15, 0.2) is 0 Å². The molecule has 3 rings (SSSR count). The van der Waals surface area contributed by atoms with E-state index in [9.17, 15) is 9.59 Å². The Hall–Kier alpha value is -1.58. The molecule has 1 saturated carbocycles. The first kappa shape index (κ1) is 16.3. The zero-order valence-electron chi connectivity index (χ0n) is 14.3. The normalized spacial score (nSPS) is 36.4. The number of hydrogen-bond acceptors (Lipinski definition) is 4. The first-order chi connectivity index (χ1) is 10.9. The first-order valence-corrected chi connectivity index (χ1v) is 8.67. The van der Waals surface area contributed by atoms with Crippen LogP contribution < -0.4 is 0 Å². The molecule has 2 aliphatic carbocycles. The summed E-state index contributed by atoms with van der Waals surface area (Å²) in [5, 5.41) is 0. The number of rotatable bonds is 3. The summed E-state index contributed by atoms with van der Waals surface area (Å²) in [4.78, 5) is 24.1. The topological polar surface area (TPSA) is 52.6 Å². The van der Waals surface area contributed by atoms with Crippen molar-refractivity contribution in [1.29, 1.82) is 0 Å². The number of ether oxygens (including phenoxy) is 2. The minimum atomic E-state index is -0.582. The molecule has 1 heterocycles. The molecule has 3 aliphatic rings. The van der Waals surface area contributed by atoms with E-state index in [1.54, 1.807) is 0 Å². The predicted molar refractivity (Wildman–Crippen MR) is 86.6 cm³/mol. The molecule has 0 spiro atoms. The van der Waals surface area contributed by atoms with E-state index in [1.807, 2.05) is 13.8 Å². The lowest BCUT2D eigenvalue weighted by Gasteiger charge is -2.36. The Balaban J connectivity index is 1.95. The van der Waals surface area contributed by atoms with Crippen LogP contribution in [0.2, 0.25) is 0 Å². The van der Waals surface area contributed by atoms with E-state index in [4.69, 9.17) is 9.47 Å². The Labute approximate surface area is 137 Å². The highest BCUT2D eigenvalue weighted by Crippen LogP contribution is 2.53. The molecule has 0 aromatic rings. The summed E-state index contributed by atoms with van der Waals surface area (Å²) in [5.74, 6) is -0.424. The van der Waals surface area contributed by atoms with Crippen LogP contribution in [0.4, 0.5) is 0 Å². The third kappa shape index (κ3) is 2.62. The molecule has 23 heavy (non-hydrogen) atoms. The molecule has 0 amide bonds. The molecular formula is C19H26O4. The molecule has 0 N–H and O–H groups in total. The average Bonchev–Trinajstić information content (AvgIpc) is 2.89. The van der Waals surface area contributed by atoms with Gasteiger partial charge in [0.25, 0.3) is 0 Å². The molecule has 4 heteroatoms. The van der Waals surface area contributed by atoms with E-state index in [1.165, 1.54) is 11.1 Å². The Morgan fingerprint density at radius 2 is 2.17 bits per heavy atom. The highest BCUT2D eigenvalue weighted by molar-refractivity contribution is 5.91. The minimum Gasteiger partial charge on any atom is -0.459 e. The van der Waals surface area contributed by atoms with Crippen molar-refractivity contribution in [2.45, 2.75) is 71.0 Å². The standard InChI is InChI=1S/C19H26O4/c1-5-6-15(20)23-19(4)10-9-13-11(2)7-8-14-12(3)18(21)22-17(14)16(13)19/h14,16-17H,3,5-10H2,1-2,4H3/t14-,16-,17-,19+/m0/s1. The van der Waals surface area contributed by atoms with Crippen LogP contribution in [0.25, 0.3) is 0 Å². The molecule has 126 valence electrons. The smallest absolute Gasteiger partial charge is 0.334 e. The van der Waals surface area contributed by atoms with E-state index >= 15 is 0 Å². The van der Waals surface area contributed by atoms with Gasteiger partial charge in [-0.3, -0.25) is 4.79 Å². The fourth-order valence-corrected chi connectivity index (χ4v) is 4.52. The van der Waals surface area contributed by atoms with Gasteiger partial charge in [-0.15, -0.1) is 0 Å². The summed E-state index contributed by atoms with van der Waals surface area (Å²) < 4.78 is 11.6. The van der Waals surface area contributed by atoms with E-state index < -0.39 is 5.60 Å². The monoisotopic (exact) mass is 318 g/mol. The highest BCUT2D eigenvalue weighted by atomic mass is 16.6. The van der Waals surface area contributed by atoms with E-state index in [0.29, 0.717) is 12.0 Å². The Bertz CT molecular complexity index is 588. The van der Waals surface area contributed by atoms with Gasteiger partial charge in [0.2, 0.25) is 0 Å². The predicted octanol–water partition coefficient (Wildman–Crippen LogP) is 3.71. The largest absolute Gasteiger partial charge is 0.459 e. The first-order valence-electron chi connectivity index (χ1n) is 8.67. The molecule has 0 unspecified atom stereocenters. The summed E-state index contributed by atoms with van der Waals surface area (Å²) >= 11 is 0. The summed E-state index contributed by atoms with van der Waals surface area (Å²) in [7, 11) is 0. The van der Waals surface area contributed by atoms with Crippen molar-refractivity contribution in [3.05, 3.63) is 23.3 Å². The summed E-state index contributed by atoms with van der Waals surface area (Å²) in [6, 6.07) is 0. The van der Waals surface area contributed by atoms with Crippen LogP contribution in [0.15, 0.2) is 23.3 Å². The van der Waals surface area contributed by atoms with Crippen LogP contribution in [0, 0.1) is 11.8 Å². The summed E-state index contributed by atoms with van der Waals surface area (Å²) in [5.41, 5.74) is 2.69. The van der Waals surface area contributed by atoms with Gasteiger partial charge in [-0.25, -0.2) is 4.79 Å². The average molecular weight is 318 g/mol.